The molecule has 1 rings (SSSR count). The van der Waals surface area contributed by atoms with Gasteiger partial charge in [0.2, 0.25) is 0 Å². The number of hydrogen-bond acceptors (Lipinski definition) is 1. The predicted molar refractivity (Wildman–Crippen MR) is 74.2 cm³/mol. The molecule has 0 radical (unpaired) electrons. The molecule has 0 aliphatic heterocycles. The summed E-state index contributed by atoms with van der Waals surface area (Å²) in [6, 6.07) is 6.09. The van der Waals surface area contributed by atoms with Gasteiger partial charge in [0.05, 0.1) is 0 Å². The molecule has 1 aromatic rings. The standard InChI is InChI=1S/C14H24OSi/c1-5-9-14(3,16-4)10-12-8-6-7-11(2)13(12)15/h6-8,15H,5,9-10,16H2,1-4H3. The Morgan fingerprint density at radius 3 is 2.62 bits per heavy atom. The van der Waals surface area contributed by atoms with Gasteiger partial charge in [-0.2, -0.15) is 0 Å². The number of phenols is 1. The molecule has 1 unspecified atom stereocenters. The normalized spacial score (nSPS) is 15.5. The fraction of sp³-hybridized carbons (Fsp3) is 0.571. The van der Waals surface area contributed by atoms with Gasteiger partial charge in [-0.25, -0.2) is 0 Å². The topological polar surface area (TPSA) is 20.2 Å². The zero-order valence-corrected chi connectivity index (χ0v) is 12.4. The van der Waals surface area contributed by atoms with Crippen LogP contribution < -0.4 is 0 Å². The molecule has 90 valence electrons. The summed E-state index contributed by atoms with van der Waals surface area (Å²) < 4.78 is 0. The monoisotopic (exact) mass is 236 g/mol. The molecule has 0 fully saturated rings. The highest BCUT2D eigenvalue weighted by molar-refractivity contribution is 6.38. The molecule has 0 aliphatic carbocycles. The minimum atomic E-state index is -0.0627. The molecule has 0 spiro atoms. The minimum Gasteiger partial charge on any atom is -0.507 e. The maximum Gasteiger partial charge on any atom is 0.121 e. The van der Waals surface area contributed by atoms with Gasteiger partial charge in [-0.1, -0.05) is 51.4 Å². The number of phenolic OH excluding ortho intramolecular Hbond substituents is 1. The zero-order valence-electron chi connectivity index (χ0n) is 11.0. The van der Waals surface area contributed by atoms with Crippen molar-refractivity contribution < 1.29 is 5.11 Å². The summed E-state index contributed by atoms with van der Waals surface area (Å²) in [6.07, 6.45) is 3.56. The number of aromatic hydroxyl groups is 1. The van der Waals surface area contributed by atoms with E-state index >= 15 is 0 Å². The first-order chi connectivity index (χ1) is 7.52. The van der Waals surface area contributed by atoms with E-state index in [0.717, 1.165) is 17.5 Å². The van der Waals surface area contributed by atoms with E-state index in [9.17, 15) is 5.11 Å². The summed E-state index contributed by atoms with van der Waals surface area (Å²) in [5.74, 6) is 0.507. The third-order valence-electron chi connectivity index (χ3n) is 3.65. The van der Waals surface area contributed by atoms with Crippen molar-refractivity contribution in [2.24, 2.45) is 0 Å². The van der Waals surface area contributed by atoms with Crippen LogP contribution in [0, 0.1) is 6.92 Å². The number of rotatable bonds is 5. The summed E-state index contributed by atoms with van der Waals surface area (Å²) in [4.78, 5) is 0. The van der Waals surface area contributed by atoms with Gasteiger partial charge in [0, 0.05) is 9.52 Å². The summed E-state index contributed by atoms with van der Waals surface area (Å²) in [7, 11) is -0.0627. The lowest BCUT2D eigenvalue weighted by atomic mass is 9.94. The largest absolute Gasteiger partial charge is 0.507 e. The van der Waals surface area contributed by atoms with E-state index in [1.54, 1.807) is 0 Å². The smallest absolute Gasteiger partial charge is 0.121 e. The van der Waals surface area contributed by atoms with Gasteiger partial charge < -0.3 is 5.11 Å². The molecule has 0 saturated carbocycles. The maximum absolute atomic E-state index is 10.0. The number of aryl methyl sites for hydroxylation is 1. The SMILES string of the molecule is CCCC(C)(Cc1cccc(C)c1O)[SiH2]C. The Morgan fingerprint density at radius 2 is 2.06 bits per heavy atom. The molecule has 0 saturated heterocycles. The second-order valence-corrected chi connectivity index (χ2v) is 7.59. The Kier molecular flexibility index (Phi) is 4.60. The van der Waals surface area contributed by atoms with Crippen LogP contribution in [0.25, 0.3) is 0 Å². The van der Waals surface area contributed by atoms with Crippen molar-refractivity contribution >= 4 is 9.52 Å². The first-order valence-corrected chi connectivity index (χ1v) is 8.42. The Bertz CT molecular complexity index is 349. The van der Waals surface area contributed by atoms with E-state index in [4.69, 9.17) is 0 Å². The van der Waals surface area contributed by atoms with E-state index in [2.05, 4.69) is 26.5 Å². The van der Waals surface area contributed by atoms with E-state index in [0.29, 0.717) is 10.8 Å². The molecule has 1 N–H and O–H groups in total. The highest BCUT2D eigenvalue weighted by Gasteiger charge is 2.23. The van der Waals surface area contributed by atoms with Gasteiger partial charge in [0.15, 0.2) is 0 Å². The Morgan fingerprint density at radius 1 is 1.38 bits per heavy atom. The molecular weight excluding hydrogens is 212 g/mol. The Balaban J connectivity index is 2.90. The van der Waals surface area contributed by atoms with Crippen LogP contribution in [0.4, 0.5) is 0 Å². The van der Waals surface area contributed by atoms with Gasteiger partial charge in [-0.3, -0.25) is 0 Å². The highest BCUT2D eigenvalue weighted by Crippen LogP contribution is 2.37. The molecule has 0 bridgehead atoms. The van der Waals surface area contributed by atoms with Gasteiger partial charge in [0.25, 0.3) is 0 Å². The average molecular weight is 236 g/mol. The van der Waals surface area contributed by atoms with Crippen molar-refractivity contribution in [3.05, 3.63) is 29.3 Å². The van der Waals surface area contributed by atoms with E-state index in [1.807, 2.05) is 19.1 Å². The Labute approximate surface area is 102 Å². The van der Waals surface area contributed by atoms with Crippen molar-refractivity contribution in [2.45, 2.75) is 51.6 Å². The first kappa shape index (κ1) is 13.3. The van der Waals surface area contributed by atoms with Crippen LogP contribution in [0.2, 0.25) is 11.6 Å². The zero-order chi connectivity index (χ0) is 12.2. The average Bonchev–Trinajstić information content (AvgIpc) is 2.25. The maximum atomic E-state index is 10.0. The number of para-hydroxylation sites is 1. The van der Waals surface area contributed by atoms with Crippen LogP contribution in [-0.2, 0) is 6.42 Å². The second-order valence-electron chi connectivity index (χ2n) is 5.17. The van der Waals surface area contributed by atoms with Crippen LogP contribution in [0.15, 0.2) is 18.2 Å². The number of benzene rings is 1. The lowest BCUT2D eigenvalue weighted by Gasteiger charge is -2.28. The first-order valence-electron chi connectivity index (χ1n) is 6.30. The predicted octanol–water partition coefficient (Wildman–Crippen LogP) is 3.44. The summed E-state index contributed by atoms with van der Waals surface area (Å²) in [6.45, 7) is 8.98. The fourth-order valence-electron chi connectivity index (χ4n) is 2.32. The summed E-state index contributed by atoms with van der Waals surface area (Å²) in [5, 5.41) is 10.5. The quantitative estimate of drug-likeness (QED) is 0.777. The van der Waals surface area contributed by atoms with Crippen LogP contribution in [0.1, 0.15) is 37.8 Å². The minimum absolute atomic E-state index is 0.0627. The summed E-state index contributed by atoms with van der Waals surface area (Å²) in [5.41, 5.74) is 2.12. The van der Waals surface area contributed by atoms with Crippen LogP contribution in [-0.4, -0.2) is 14.6 Å². The molecule has 0 amide bonds. The molecule has 1 aromatic carbocycles. The van der Waals surface area contributed by atoms with Crippen molar-refractivity contribution in [1.29, 1.82) is 0 Å². The third kappa shape index (κ3) is 3.11. The van der Waals surface area contributed by atoms with Crippen LogP contribution in [0.5, 0.6) is 5.75 Å². The molecule has 2 heteroatoms. The Hall–Kier alpha value is -0.763. The van der Waals surface area contributed by atoms with Crippen molar-refractivity contribution in [3.8, 4) is 5.75 Å². The lowest BCUT2D eigenvalue weighted by molar-refractivity contribution is 0.453. The molecule has 0 heterocycles. The molecular formula is C14H24OSi. The molecule has 1 nitrogen and oxygen atoms in total. The van der Waals surface area contributed by atoms with Gasteiger partial charge >= 0.3 is 0 Å². The van der Waals surface area contributed by atoms with E-state index in [-0.39, 0.29) is 9.52 Å². The highest BCUT2D eigenvalue weighted by atomic mass is 28.2. The van der Waals surface area contributed by atoms with Gasteiger partial charge in [-0.15, -0.1) is 0 Å². The lowest BCUT2D eigenvalue weighted by Crippen LogP contribution is -2.17. The van der Waals surface area contributed by atoms with Gasteiger partial charge in [0.1, 0.15) is 5.75 Å². The van der Waals surface area contributed by atoms with Crippen molar-refractivity contribution in [2.75, 3.05) is 0 Å². The molecule has 0 aliphatic rings. The summed E-state index contributed by atoms with van der Waals surface area (Å²) >= 11 is 0. The van der Waals surface area contributed by atoms with Crippen LogP contribution >= 0.6 is 0 Å². The third-order valence-corrected chi connectivity index (χ3v) is 5.96. The van der Waals surface area contributed by atoms with Crippen LogP contribution in [0.3, 0.4) is 0 Å². The fourth-order valence-corrected chi connectivity index (χ4v) is 3.54. The molecule has 16 heavy (non-hydrogen) atoms. The van der Waals surface area contributed by atoms with Crippen molar-refractivity contribution in [1.82, 2.24) is 0 Å². The van der Waals surface area contributed by atoms with Crippen molar-refractivity contribution in [3.63, 3.8) is 0 Å². The molecule has 1 atom stereocenters. The van der Waals surface area contributed by atoms with E-state index in [1.165, 1.54) is 12.8 Å². The number of hydrogen-bond donors (Lipinski definition) is 1. The van der Waals surface area contributed by atoms with Gasteiger partial charge in [-0.05, 0) is 29.5 Å². The molecule has 0 aromatic heterocycles. The van der Waals surface area contributed by atoms with E-state index < -0.39 is 0 Å². The second kappa shape index (κ2) is 5.53.